The van der Waals surface area contributed by atoms with Crippen LogP contribution in [-0.2, 0) is 23.9 Å². The molecule has 26 heavy (non-hydrogen) atoms. The third-order valence-corrected chi connectivity index (χ3v) is 5.08. The molecule has 3 rings (SSSR count). The maximum absolute atomic E-state index is 13.0. The molecule has 1 atom stereocenters. The number of imidazole rings is 1. The van der Waals surface area contributed by atoms with Crippen molar-refractivity contribution in [3.63, 3.8) is 0 Å². The maximum Gasteiger partial charge on any atom is 0.289 e. The number of methoxy groups -OCH3 is 1. The van der Waals surface area contributed by atoms with Crippen LogP contribution in [0.4, 0.5) is 0 Å². The fourth-order valence-corrected chi connectivity index (χ4v) is 3.54. The van der Waals surface area contributed by atoms with Gasteiger partial charge in [-0.1, -0.05) is 0 Å². The summed E-state index contributed by atoms with van der Waals surface area (Å²) in [4.78, 5) is 21.1. The standard InChI is InChI=1S/C16H26N8O2/c1-21(2)16(15-18-19-20-24(15)10-11-26-4)6-5-8-23(12-16)14(25)13-17-7-9-22(13)3/h7,9H,5-6,8,10-12H2,1-4H3. The van der Waals surface area contributed by atoms with Gasteiger partial charge in [0.15, 0.2) is 11.6 Å². The van der Waals surface area contributed by atoms with Crippen molar-refractivity contribution in [1.29, 1.82) is 0 Å². The molecule has 1 fully saturated rings. The summed E-state index contributed by atoms with van der Waals surface area (Å²) in [5, 5.41) is 12.3. The Morgan fingerprint density at radius 1 is 1.42 bits per heavy atom. The summed E-state index contributed by atoms with van der Waals surface area (Å²) in [6, 6.07) is 0. The van der Waals surface area contributed by atoms with Crippen molar-refractivity contribution in [2.45, 2.75) is 24.9 Å². The van der Waals surface area contributed by atoms with Crippen LogP contribution < -0.4 is 0 Å². The monoisotopic (exact) mass is 362 g/mol. The van der Waals surface area contributed by atoms with Gasteiger partial charge in [-0.15, -0.1) is 5.10 Å². The van der Waals surface area contributed by atoms with E-state index < -0.39 is 5.54 Å². The van der Waals surface area contributed by atoms with E-state index in [0.29, 0.717) is 32.1 Å². The van der Waals surface area contributed by atoms with E-state index in [-0.39, 0.29) is 5.91 Å². The van der Waals surface area contributed by atoms with Crippen LogP contribution in [0, 0.1) is 0 Å². The molecule has 2 aromatic rings. The van der Waals surface area contributed by atoms with Crippen LogP contribution in [0.2, 0.25) is 0 Å². The predicted octanol–water partition coefficient (Wildman–Crippen LogP) is -0.254. The molecular formula is C16H26N8O2. The Kier molecular flexibility index (Phi) is 5.33. The highest BCUT2D eigenvalue weighted by Gasteiger charge is 2.45. The Morgan fingerprint density at radius 3 is 2.88 bits per heavy atom. The third kappa shape index (κ3) is 3.21. The van der Waals surface area contributed by atoms with Crippen molar-refractivity contribution >= 4 is 5.91 Å². The molecule has 10 nitrogen and oxygen atoms in total. The Hall–Kier alpha value is -2.33. The second kappa shape index (κ2) is 7.50. The van der Waals surface area contributed by atoms with Gasteiger partial charge in [0.05, 0.1) is 13.2 Å². The minimum Gasteiger partial charge on any atom is -0.383 e. The van der Waals surface area contributed by atoms with Crippen LogP contribution in [0.25, 0.3) is 0 Å². The van der Waals surface area contributed by atoms with Crippen molar-refractivity contribution in [3.8, 4) is 0 Å². The number of carbonyl (C=O) groups is 1. The number of hydrogen-bond acceptors (Lipinski definition) is 7. The van der Waals surface area contributed by atoms with Crippen LogP contribution >= 0.6 is 0 Å². The lowest BCUT2D eigenvalue weighted by atomic mass is 9.86. The Balaban J connectivity index is 1.91. The number of carbonyl (C=O) groups excluding carboxylic acids is 1. The molecule has 0 N–H and O–H groups in total. The van der Waals surface area contributed by atoms with Crippen LogP contribution in [0.5, 0.6) is 0 Å². The SMILES string of the molecule is COCCn1nnnc1C1(N(C)C)CCCN(C(=O)c2nccn2C)C1. The molecule has 0 saturated carbocycles. The molecule has 1 aliphatic rings. The van der Waals surface area contributed by atoms with E-state index in [1.807, 2.05) is 26.0 Å². The van der Waals surface area contributed by atoms with Crippen LogP contribution in [0.3, 0.4) is 0 Å². The van der Waals surface area contributed by atoms with Gasteiger partial charge in [0.1, 0.15) is 5.54 Å². The van der Waals surface area contributed by atoms with Crippen LogP contribution in [-0.4, -0.2) is 86.4 Å². The van der Waals surface area contributed by atoms with Gasteiger partial charge in [-0.05, 0) is 37.4 Å². The first-order valence-electron chi connectivity index (χ1n) is 8.69. The van der Waals surface area contributed by atoms with Crippen molar-refractivity contribution in [2.24, 2.45) is 7.05 Å². The maximum atomic E-state index is 13.0. The van der Waals surface area contributed by atoms with E-state index in [9.17, 15) is 4.79 Å². The molecule has 0 radical (unpaired) electrons. The number of tetrazole rings is 1. The van der Waals surface area contributed by atoms with Crippen molar-refractivity contribution in [3.05, 3.63) is 24.0 Å². The molecule has 1 aliphatic heterocycles. The summed E-state index contributed by atoms with van der Waals surface area (Å²) in [7, 11) is 7.49. The van der Waals surface area contributed by atoms with Gasteiger partial charge in [0.25, 0.3) is 5.91 Å². The Bertz CT molecular complexity index is 755. The first-order chi connectivity index (χ1) is 12.5. The van der Waals surface area contributed by atoms with Crippen molar-refractivity contribution in [1.82, 2.24) is 39.6 Å². The van der Waals surface area contributed by atoms with Gasteiger partial charge >= 0.3 is 0 Å². The molecule has 0 aromatic carbocycles. The normalized spacial score (nSPS) is 20.7. The minimum atomic E-state index is -0.448. The molecule has 1 unspecified atom stereocenters. The molecule has 2 aromatic heterocycles. The fraction of sp³-hybridized carbons (Fsp3) is 0.688. The minimum absolute atomic E-state index is 0.0701. The molecule has 0 spiro atoms. The quantitative estimate of drug-likeness (QED) is 0.699. The van der Waals surface area contributed by atoms with E-state index >= 15 is 0 Å². The number of nitrogens with zero attached hydrogens (tertiary/aromatic N) is 8. The lowest BCUT2D eigenvalue weighted by Crippen LogP contribution is -2.56. The van der Waals surface area contributed by atoms with Gasteiger partial charge in [0.2, 0.25) is 0 Å². The predicted molar refractivity (Wildman–Crippen MR) is 93.4 cm³/mol. The van der Waals surface area contributed by atoms with Crippen molar-refractivity contribution < 1.29 is 9.53 Å². The molecule has 0 bridgehead atoms. The number of rotatable bonds is 6. The highest BCUT2D eigenvalue weighted by molar-refractivity contribution is 5.91. The first kappa shape index (κ1) is 18.5. The van der Waals surface area contributed by atoms with Gasteiger partial charge < -0.3 is 14.2 Å². The summed E-state index contributed by atoms with van der Waals surface area (Å²) in [5.41, 5.74) is -0.448. The van der Waals surface area contributed by atoms with Gasteiger partial charge in [-0.25, -0.2) is 9.67 Å². The molecule has 1 saturated heterocycles. The van der Waals surface area contributed by atoms with E-state index in [2.05, 4.69) is 25.4 Å². The third-order valence-electron chi connectivity index (χ3n) is 5.08. The summed E-state index contributed by atoms with van der Waals surface area (Å²) in [5.74, 6) is 1.13. The average molecular weight is 362 g/mol. The van der Waals surface area contributed by atoms with E-state index in [0.717, 1.165) is 18.7 Å². The van der Waals surface area contributed by atoms with E-state index in [1.54, 1.807) is 28.8 Å². The number of hydrogen-bond donors (Lipinski definition) is 0. The first-order valence-corrected chi connectivity index (χ1v) is 8.69. The number of aryl methyl sites for hydroxylation is 1. The number of likely N-dealkylation sites (N-methyl/N-ethyl adjacent to an activating group) is 1. The lowest BCUT2D eigenvalue weighted by Gasteiger charge is -2.45. The van der Waals surface area contributed by atoms with Gasteiger partial charge in [0, 0.05) is 39.6 Å². The number of amides is 1. The van der Waals surface area contributed by atoms with Crippen molar-refractivity contribution in [2.75, 3.05) is 40.9 Å². The number of aromatic nitrogens is 6. The Labute approximate surface area is 152 Å². The summed E-state index contributed by atoms with van der Waals surface area (Å²) in [6.45, 7) is 2.30. The smallest absolute Gasteiger partial charge is 0.289 e. The van der Waals surface area contributed by atoms with E-state index in [1.165, 1.54) is 0 Å². The molecular weight excluding hydrogens is 336 g/mol. The zero-order valence-electron chi connectivity index (χ0n) is 15.8. The van der Waals surface area contributed by atoms with Crippen LogP contribution in [0.1, 0.15) is 29.3 Å². The summed E-state index contributed by atoms with van der Waals surface area (Å²) < 4.78 is 8.69. The molecule has 3 heterocycles. The Morgan fingerprint density at radius 2 is 2.23 bits per heavy atom. The fourth-order valence-electron chi connectivity index (χ4n) is 3.54. The summed E-state index contributed by atoms with van der Waals surface area (Å²) in [6.07, 6.45) is 5.16. The highest BCUT2D eigenvalue weighted by atomic mass is 16.5. The number of ether oxygens (including phenoxy) is 1. The second-order valence-electron chi connectivity index (χ2n) is 6.84. The van der Waals surface area contributed by atoms with Crippen LogP contribution in [0.15, 0.2) is 12.4 Å². The molecule has 142 valence electrons. The zero-order valence-corrected chi connectivity index (χ0v) is 15.8. The molecule has 10 heteroatoms. The number of likely N-dealkylation sites (tertiary alicyclic amines) is 1. The lowest BCUT2D eigenvalue weighted by molar-refractivity contribution is 0.0241. The topological polar surface area (TPSA) is 94.2 Å². The largest absolute Gasteiger partial charge is 0.383 e. The second-order valence-corrected chi connectivity index (χ2v) is 6.84. The van der Waals surface area contributed by atoms with E-state index in [4.69, 9.17) is 4.74 Å². The van der Waals surface area contributed by atoms with Gasteiger partial charge in [-0.2, -0.15) is 0 Å². The van der Waals surface area contributed by atoms with Gasteiger partial charge in [-0.3, -0.25) is 9.69 Å². The zero-order chi connectivity index (χ0) is 18.7. The summed E-state index contributed by atoms with van der Waals surface area (Å²) >= 11 is 0. The molecule has 1 amide bonds. The average Bonchev–Trinajstić information content (AvgIpc) is 3.28. The molecule has 0 aliphatic carbocycles. The highest BCUT2D eigenvalue weighted by Crippen LogP contribution is 2.35. The number of piperidine rings is 1.